The standard InChI is InChI=1S/C18H25N3O4/c1-2-24-18(23)21-11-9-20(10-12-21)17(22)13-25-16-7-8-19-15-6-4-3-5-14(15)16/h7-8H,2-6,9-13H2,1H3. The van der Waals surface area contributed by atoms with Crippen molar-refractivity contribution in [1.29, 1.82) is 0 Å². The zero-order valence-corrected chi connectivity index (χ0v) is 14.7. The van der Waals surface area contributed by atoms with Gasteiger partial charge < -0.3 is 19.3 Å². The van der Waals surface area contributed by atoms with E-state index >= 15 is 0 Å². The minimum atomic E-state index is -0.311. The fourth-order valence-corrected chi connectivity index (χ4v) is 3.31. The van der Waals surface area contributed by atoms with E-state index in [1.54, 1.807) is 22.9 Å². The van der Waals surface area contributed by atoms with Crippen LogP contribution in [-0.2, 0) is 22.4 Å². The van der Waals surface area contributed by atoms with Crippen LogP contribution in [0.25, 0.3) is 0 Å². The highest BCUT2D eigenvalue weighted by molar-refractivity contribution is 5.78. The van der Waals surface area contributed by atoms with Gasteiger partial charge in [0.25, 0.3) is 5.91 Å². The van der Waals surface area contributed by atoms with Gasteiger partial charge >= 0.3 is 6.09 Å². The summed E-state index contributed by atoms with van der Waals surface area (Å²) in [7, 11) is 0. The van der Waals surface area contributed by atoms with Gasteiger partial charge in [-0.05, 0) is 38.7 Å². The summed E-state index contributed by atoms with van der Waals surface area (Å²) in [5, 5.41) is 0. The van der Waals surface area contributed by atoms with Crippen LogP contribution < -0.4 is 4.74 Å². The molecule has 2 amide bonds. The van der Waals surface area contributed by atoms with E-state index in [4.69, 9.17) is 9.47 Å². The van der Waals surface area contributed by atoms with Crippen LogP contribution in [0.3, 0.4) is 0 Å². The van der Waals surface area contributed by atoms with Crippen LogP contribution in [0.15, 0.2) is 12.3 Å². The topological polar surface area (TPSA) is 72.0 Å². The number of aryl methyl sites for hydroxylation is 1. The van der Waals surface area contributed by atoms with Gasteiger partial charge in [-0.2, -0.15) is 0 Å². The van der Waals surface area contributed by atoms with Gasteiger partial charge in [-0.3, -0.25) is 9.78 Å². The van der Waals surface area contributed by atoms with Crippen LogP contribution >= 0.6 is 0 Å². The lowest BCUT2D eigenvalue weighted by Crippen LogP contribution is -2.51. The molecule has 0 saturated carbocycles. The van der Waals surface area contributed by atoms with Crippen molar-refractivity contribution in [3.63, 3.8) is 0 Å². The number of hydrogen-bond acceptors (Lipinski definition) is 5. The molecule has 25 heavy (non-hydrogen) atoms. The number of carbonyl (C=O) groups is 2. The zero-order chi connectivity index (χ0) is 17.6. The van der Waals surface area contributed by atoms with Crippen LogP contribution in [0.4, 0.5) is 4.79 Å². The van der Waals surface area contributed by atoms with E-state index in [-0.39, 0.29) is 18.6 Å². The molecule has 0 N–H and O–H groups in total. The average molecular weight is 347 g/mol. The second-order valence-corrected chi connectivity index (χ2v) is 6.30. The van der Waals surface area contributed by atoms with E-state index < -0.39 is 0 Å². The number of amides is 2. The van der Waals surface area contributed by atoms with Crippen molar-refractivity contribution in [3.8, 4) is 5.75 Å². The fraction of sp³-hybridized carbons (Fsp3) is 0.611. The number of carbonyl (C=O) groups excluding carboxylic acids is 2. The van der Waals surface area contributed by atoms with Crippen molar-refractivity contribution < 1.29 is 19.1 Å². The Morgan fingerprint density at radius 3 is 2.60 bits per heavy atom. The van der Waals surface area contributed by atoms with Crippen LogP contribution in [-0.4, -0.2) is 66.2 Å². The Morgan fingerprint density at radius 2 is 1.84 bits per heavy atom. The van der Waals surface area contributed by atoms with Crippen LogP contribution in [0, 0.1) is 0 Å². The summed E-state index contributed by atoms with van der Waals surface area (Å²) in [6.45, 7) is 4.18. The summed E-state index contributed by atoms with van der Waals surface area (Å²) in [5.41, 5.74) is 2.24. The van der Waals surface area contributed by atoms with Gasteiger partial charge in [-0.25, -0.2) is 4.79 Å². The minimum Gasteiger partial charge on any atom is -0.483 e. The molecule has 0 atom stereocenters. The van der Waals surface area contributed by atoms with Crippen molar-refractivity contribution in [2.24, 2.45) is 0 Å². The summed E-state index contributed by atoms with van der Waals surface area (Å²) >= 11 is 0. The molecule has 0 bridgehead atoms. The first-order valence-corrected chi connectivity index (χ1v) is 8.98. The minimum absolute atomic E-state index is 0.0237. The van der Waals surface area contributed by atoms with Crippen molar-refractivity contribution in [2.45, 2.75) is 32.6 Å². The molecule has 0 radical (unpaired) electrons. The lowest BCUT2D eigenvalue weighted by molar-refractivity contribution is -0.135. The second-order valence-electron chi connectivity index (χ2n) is 6.30. The lowest BCUT2D eigenvalue weighted by atomic mass is 9.95. The van der Waals surface area contributed by atoms with Gasteiger partial charge in [-0.15, -0.1) is 0 Å². The first-order chi connectivity index (χ1) is 12.2. The molecule has 1 fully saturated rings. The quantitative estimate of drug-likeness (QED) is 0.828. The Balaban J connectivity index is 1.50. The third-order valence-corrected chi connectivity index (χ3v) is 4.70. The maximum atomic E-state index is 12.4. The second kappa shape index (κ2) is 8.18. The van der Waals surface area contributed by atoms with Crippen molar-refractivity contribution in [3.05, 3.63) is 23.5 Å². The maximum absolute atomic E-state index is 12.4. The predicted octanol–water partition coefficient (Wildman–Crippen LogP) is 1.64. The molecule has 0 aromatic carbocycles. The summed E-state index contributed by atoms with van der Waals surface area (Å²) < 4.78 is 10.8. The Bertz CT molecular complexity index is 627. The van der Waals surface area contributed by atoms with Gasteiger partial charge in [0, 0.05) is 43.6 Å². The molecule has 1 saturated heterocycles. The van der Waals surface area contributed by atoms with E-state index in [1.807, 2.05) is 6.07 Å². The highest BCUT2D eigenvalue weighted by Gasteiger charge is 2.25. The zero-order valence-electron chi connectivity index (χ0n) is 14.7. The SMILES string of the molecule is CCOC(=O)N1CCN(C(=O)COc2ccnc3c2CCCC3)CC1. The summed E-state index contributed by atoms with van der Waals surface area (Å²) in [6.07, 6.45) is 5.68. The van der Waals surface area contributed by atoms with E-state index in [0.29, 0.717) is 32.8 Å². The molecule has 1 aromatic rings. The number of aromatic nitrogens is 1. The number of fused-ring (bicyclic) bond motifs is 1. The lowest BCUT2D eigenvalue weighted by Gasteiger charge is -2.34. The highest BCUT2D eigenvalue weighted by atomic mass is 16.6. The Kier molecular flexibility index (Phi) is 5.73. The van der Waals surface area contributed by atoms with Crippen molar-refractivity contribution >= 4 is 12.0 Å². The molecule has 1 aliphatic carbocycles. The summed E-state index contributed by atoms with van der Waals surface area (Å²) in [4.78, 5) is 31.9. The number of rotatable bonds is 4. The molecule has 2 aliphatic rings. The number of pyridine rings is 1. The average Bonchev–Trinajstić information content (AvgIpc) is 2.66. The van der Waals surface area contributed by atoms with Gasteiger partial charge in [0.05, 0.1) is 6.61 Å². The Hall–Kier alpha value is -2.31. The van der Waals surface area contributed by atoms with Gasteiger partial charge in [-0.1, -0.05) is 0 Å². The molecule has 3 rings (SSSR count). The van der Waals surface area contributed by atoms with Crippen LogP contribution in [0.2, 0.25) is 0 Å². The van der Waals surface area contributed by atoms with E-state index in [0.717, 1.165) is 42.7 Å². The van der Waals surface area contributed by atoms with Crippen LogP contribution in [0.1, 0.15) is 31.0 Å². The molecule has 7 nitrogen and oxygen atoms in total. The molecule has 1 aliphatic heterocycles. The molecule has 136 valence electrons. The predicted molar refractivity (Wildman–Crippen MR) is 91.5 cm³/mol. The van der Waals surface area contributed by atoms with Gasteiger partial charge in [0.15, 0.2) is 6.61 Å². The molecule has 7 heteroatoms. The highest BCUT2D eigenvalue weighted by Crippen LogP contribution is 2.27. The third-order valence-electron chi connectivity index (χ3n) is 4.70. The van der Waals surface area contributed by atoms with Crippen molar-refractivity contribution in [2.75, 3.05) is 39.4 Å². The molecular formula is C18H25N3O4. The number of hydrogen-bond donors (Lipinski definition) is 0. The molecule has 1 aromatic heterocycles. The van der Waals surface area contributed by atoms with E-state index in [9.17, 15) is 9.59 Å². The molecule has 2 heterocycles. The van der Waals surface area contributed by atoms with E-state index in [2.05, 4.69) is 4.98 Å². The summed E-state index contributed by atoms with van der Waals surface area (Å²) in [5.74, 6) is 0.730. The largest absolute Gasteiger partial charge is 0.483 e. The molecular weight excluding hydrogens is 322 g/mol. The Morgan fingerprint density at radius 1 is 1.12 bits per heavy atom. The third kappa shape index (κ3) is 4.21. The first-order valence-electron chi connectivity index (χ1n) is 8.98. The normalized spacial score (nSPS) is 17.0. The summed E-state index contributed by atoms with van der Waals surface area (Å²) in [6, 6.07) is 1.84. The maximum Gasteiger partial charge on any atom is 0.409 e. The monoisotopic (exact) mass is 347 g/mol. The van der Waals surface area contributed by atoms with Gasteiger partial charge in [0.1, 0.15) is 5.75 Å². The van der Waals surface area contributed by atoms with Gasteiger partial charge in [0.2, 0.25) is 0 Å². The molecule has 0 unspecified atom stereocenters. The number of ether oxygens (including phenoxy) is 2. The number of piperazine rings is 1. The van der Waals surface area contributed by atoms with E-state index in [1.165, 1.54) is 0 Å². The smallest absolute Gasteiger partial charge is 0.409 e. The Labute approximate surface area is 147 Å². The molecule has 0 spiro atoms. The van der Waals surface area contributed by atoms with Crippen molar-refractivity contribution in [1.82, 2.24) is 14.8 Å². The first kappa shape index (κ1) is 17.5. The fourth-order valence-electron chi connectivity index (χ4n) is 3.31. The number of nitrogens with zero attached hydrogens (tertiary/aromatic N) is 3. The van der Waals surface area contributed by atoms with Crippen LogP contribution in [0.5, 0.6) is 5.75 Å².